The molecule has 0 amide bonds. The van der Waals surface area contributed by atoms with Crippen molar-refractivity contribution in [2.45, 2.75) is 20.3 Å². The second-order valence-electron chi connectivity index (χ2n) is 4.80. The van der Waals surface area contributed by atoms with E-state index in [-0.39, 0.29) is 0 Å². The summed E-state index contributed by atoms with van der Waals surface area (Å²) in [5, 5.41) is 0.712. The smallest absolute Gasteiger partial charge is 0.0595 e. The summed E-state index contributed by atoms with van der Waals surface area (Å²) in [6, 6.07) is 2.00. The molecule has 0 N–H and O–H groups in total. The average Bonchev–Trinajstić information content (AvgIpc) is 2.28. The van der Waals surface area contributed by atoms with Gasteiger partial charge < -0.3 is 0 Å². The lowest BCUT2D eigenvalue weighted by molar-refractivity contribution is 0.273. The van der Waals surface area contributed by atoms with Gasteiger partial charge in [0.25, 0.3) is 0 Å². The number of hydrogen-bond donors (Lipinski definition) is 0. The standard InChI is InChI=1S/C14H19ClN2/c1-3-4-17-9-11(2)5-13(10-17)12-6-14(15)8-16-7-12/h5-8,11H,3-4,9-10H2,1-2H3. The van der Waals surface area contributed by atoms with Gasteiger partial charge in [-0.1, -0.05) is 31.5 Å². The Labute approximate surface area is 108 Å². The average molecular weight is 251 g/mol. The van der Waals surface area contributed by atoms with Crippen molar-refractivity contribution in [3.05, 3.63) is 35.1 Å². The second kappa shape index (κ2) is 5.65. The summed E-state index contributed by atoms with van der Waals surface area (Å²) in [6.07, 6.45) is 7.13. The molecule has 0 saturated heterocycles. The van der Waals surface area contributed by atoms with Gasteiger partial charge in [-0.15, -0.1) is 0 Å². The minimum Gasteiger partial charge on any atom is -0.299 e. The van der Waals surface area contributed by atoms with E-state index in [1.165, 1.54) is 12.0 Å². The first-order valence-corrected chi connectivity index (χ1v) is 6.60. The number of halogens is 1. The molecule has 1 aliphatic rings. The fourth-order valence-electron chi connectivity index (χ4n) is 2.42. The van der Waals surface area contributed by atoms with Crippen LogP contribution in [0.2, 0.25) is 5.02 Å². The molecule has 92 valence electrons. The molecule has 2 heterocycles. The molecule has 0 saturated carbocycles. The van der Waals surface area contributed by atoms with E-state index in [1.54, 1.807) is 6.20 Å². The van der Waals surface area contributed by atoms with Crippen LogP contribution in [0.15, 0.2) is 24.5 Å². The number of nitrogens with zero attached hydrogens (tertiary/aromatic N) is 2. The zero-order valence-corrected chi connectivity index (χ0v) is 11.2. The molecule has 0 spiro atoms. The maximum absolute atomic E-state index is 5.99. The Kier molecular flexibility index (Phi) is 4.19. The van der Waals surface area contributed by atoms with Crippen molar-refractivity contribution in [3.8, 4) is 0 Å². The van der Waals surface area contributed by atoms with E-state index in [0.717, 1.165) is 25.2 Å². The molecule has 0 fully saturated rings. The normalized spacial score (nSPS) is 21.4. The Hall–Kier alpha value is -0.860. The molecule has 1 aliphatic heterocycles. The lowest BCUT2D eigenvalue weighted by Gasteiger charge is -2.30. The Morgan fingerprint density at radius 3 is 3.00 bits per heavy atom. The van der Waals surface area contributed by atoms with Crippen molar-refractivity contribution in [3.63, 3.8) is 0 Å². The first-order chi connectivity index (χ1) is 8.19. The molecule has 1 aromatic rings. The first-order valence-electron chi connectivity index (χ1n) is 6.23. The van der Waals surface area contributed by atoms with Crippen LogP contribution in [0.5, 0.6) is 0 Å². The van der Waals surface area contributed by atoms with Gasteiger partial charge in [0.05, 0.1) is 5.02 Å². The molecule has 17 heavy (non-hydrogen) atoms. The van der Waals surface area contributed by atoms with Gasteiger partial charge in [-0.05, 0) is 36.1 Å². The maximum atomic E-state index is 5.99. The van der Waals surface area contributed by atoms with Gasteiger partial charge in [-0.2, -0.15) is 0 Å². The van der Waals surface area contributed by atoms with Crippen LogP contribution in [0, 0.1) is 5.92 Å². The third kappa shape index (κ3) is 3.30. The number of aromatic nitrogens is 1. The fraction of sp³-hybridized carbons (Fsp3) is 0.500. The molecule has 0 bridgehead atoms. The van der Waals surface area contributed by atoms with Crippen LogP contribution in [-0.2, 0) is 0 Å². The molecule has 1 atom stereocenters. The van der Waals surface area contributed by atoms with E-state index in [0.29, 0.717) is 10.9 Å². The molecule has 1 aromatic heterocycles. The Balaban J connectivity index is 2.20. The molecule has 3 heteroatoms. The zero-order valence-electron chi connectivity index (χ0n) is 10.5. The molecule has 2 rings (SSSR count). The summed E-state index contributed by atoms with van der Waals surface area (Å²) < 4.78 is 0. The van der Waals surface area contributed by atoms with E-state index in [4.69, 9.17) is 11.6 Å². The monoisotopic (exact) mass is 250 g/mol. The van der Waals surface area contributed by atoms with Crippen LogP contribution in [-0.4, -0.2) is 29.5 Å². The van der Waals surface area contributed by atoms with Crippen molar-refractivity contribution in [2.75, 3.05) is 19.6 Å². The quantitative estimate of drug-likeness (QED) is 0.817. The van der Waals surface area contributed by atoms with Gasteiger partial charge in [-0.25, -0.2) is 0 Å². The highest BCUT2D eigenvalue weighted by Gasteiger charge is 2.17. The minimum atomic E-state index is 0.601. The molecule has 1 unspecified atom stereocenters. The predicted octanol–water partition coefficient (Wildman–Crippen LogP) is 3.48. The summed E-state index contributed by atoms with van der Waals surface area (Å²) in [5.74, 6) is 0.601. The molecular weight excluding hydrogens is 232 g/mol. The predicted molar refractivity (Wildman–Crippen MR) is 73.1 cm³/mol. The van der Waals surface area contributed by atoms with Crippen LogP contribution in [0.4, 0.5) is 0 Å². The van der Waals surface area contributed by atoms with Gasteiger partial charge in [0.2, 0.25) is 0 Å². The van der Waals surface area contributed by atoms with Gasteiger partial charge in [-0.3, -0.25) is 9.88 Å². The highest BCUT2D eigenvalue weighted by atomic mass is 35.5. The van der Waals surface area contributed by atoms with Gasteiger partial charge in [0, 0.05) is 25.5 Å². The molecule has 2 nitrogen and oxygen atoms in total. The van der Waals surface area contributed by atoms with Crippen molar-refractivity contribution in [1.29, 1.82) is 0 Å². The van der Waals surface area contributed by atoms with E-state index < -0.39 is 0 Å². The minimum absolute atomic E-state index is 0.601. The third-order valence-corrected chi connectivity index (χ3v) is 3.25. The fourth-order valence-corrected chi connectivity index (χ4v) is 2.60. The third-order valence-electron chi connectivity index (χ3n) is 3.04. The van der Waals surface area contributed by atoms with E-state index in [9.17, 15) is 0 Å². The Morgan fingerprint density at radius 2 is 2.29 bits per heavy atom. The number of rotatable bonds is 3. The van der Waals surface area contributed by atoms with Crippen molar-refractivity contribution < 1.29 is 0 Å². The van der Waals surface area contributed by atoms with E-state index >= 15 is 0 Å². The zero-order chi connectivity index (χ0) is 12.3. The van der Waals surface area contributed by atoms with Crippen LogP contribution < -0.4 is 0 Å². The van der Waals surface area contributed by atoms with Crippen LogP contribution in [0.3, 0.4) is 0 Å². The summed E-state index contributed by atoms with van der Waals surface area (Å²) in [7, 11) is 0. The van der Waals surface area contributed by atoms with E-state index in [1.807, 2.05) is 12.3 Å². The maximum Gasteiger partial charge on any atom is 0.0595 e. The lowest BCUT2D eigenvalue weighted by Crippen LogP contribution is -2.34. The summed E-state index contributed by atoms with van der Waals surface area (Å²) in [4.78, 5) is 6.67. The van der Waals surface area contributed by atoms with E-state index in [2.05, 4.69) is 29.8 Å². The lowest BCUT2D eigenvalue weighted by atomic mass is 9.97. The Morgan fingerprint density at radius 1 is 1.47 bits per heavy atom. The van der Waals surface area contributed by atoms with Gasteiger partial charge in [0.1, 0.15) is 0 Å². The van der Waals surface area contributed by atoms with Crippen LogP contribution >= 0.6 is 11.6 Å². The Bertz CT molecular complexity index is 414. The molecule has 0 aromatic carbocycles. The summed E-state index contributed by atoms with van der Waals surface area (Å²) in [5.41, 5.74) is 2.51. The highest BCUT2D eigenvalue weighted by molar-refractivity contribution is 6.30. The number of hydrogen-bond acceptors (Lipinski definition) is 2. The molecule has 0 aliphatic carbocycles. The SMILES string of the molecule is CCCN1CC(c2cncc(Cl)c2)=CC(C)C1. The largest absolute Gasteiger partial charge is 0.299 e. The van der Waals surface area contributed by atoms with Gasteiger partial charge >= 0.3 is 0 Å². The first kappa shape index (κ1) is 12.6. The summed E-state index contributed by atoms with van der Waals surface area (Å²) >= 11 is 5.99. The number of pyridine rings is 1. The van der Waals surface area contributed by atoms with Crippen molar-refractivity contribution >= 4 is 17.2 Å². The van der Waals surface area contributed by atoms with Crippen molar-refractivity contribution in [1.82, 2.24) is 9.88 Å². The van der Waals surface area contributed by atoms with Crippen LogP contribution in [0.25, 0.3) is 5.57 Å². The van der Waals surface area contributed by atoms with Crippen molar-refractivity contribution in [2.24, 2.45) is 5.92 Å². The second-order valence-corrected chi connectivity index (χ2v) is 5.23. The van der Waals surface area contributed by atoms with Gasteiger partial charge in [0.15, 0.2) is 0 Å². The molecular formula is C14H19ClN2. The summed E-state index contributed by atoms with van der Waals surface area (Å²) in [6.45, 7) is 7.82. The molecule has 0 radical (unpaired) electrons. The van der Waals surface area contributed by atoms with Crippen LogP contribution in [0.1, 0.15) is 25.8 Å². The highest BCUT2D eigenvalue weighted by Crippen LogP contribution is 2.24. The topological polar surface area (TPSA) is 16.1 Å².